The lowest BCUT2D eigenvalue weighted by atomic mass is 10.2. The van der Waals surface area contributed by atoms with Crippen molar-refractivity contribution < 1.29 is 0 Å². The quantitative estimate of drug-likeness (QED) is 0.500. The van der Waals surface area contributed by atoms with Crippen LogP contribution in [0.3, 0.4) is 0 Å². The lowest BCUT2D eigenvalue weighted by molar-refractivity contribution is 0.706. The van der Waals surface area contributed by atoms with Crippen LogP contribution in [-0.4, -0.2) is 21.6 Å². The van der Waals surface area contributed by atoms with Gasteiger partial charge < -0.3 is 9.47 Å². The summed E-state index contributed by atoms with van der Waals surface area (Å²) in [6.07, 6.45) is 3.90. The van der Waals surface area contributed by atoms with Crippen LogP contribution in [0.15, 0.2) is 78.4 Å². The highest BCUT2D eigenvalue weighted by Gasteiger charge is 2.12. The van der Waals surface area contributed by atoms with Gasteiger partial charge in [-0.15, -0.1) is 11.3 Å². The van der Waals surface area contributed by atoms with E-state index in [1.807, 2.05) is 36.7 Å². The van der Waals surface area contributed by atoms with Gasteiger partial charge in [-0.3, -0.25) is 0 Å². The maximum atomic E-state index is 4.78. The molecule has 0 atom stereocenters. The van der Waals surface area contributed by atoms with E-state index in [4.69, 9.17) is 4.98 Å². The lowest BCUT2D eigenvalue weighted by Crippen LogP contribution is -2.19. The van der Waals surface area contributed by atoms with Gasteiger partial charge in [-0.25, -0.2) is 9.97 Å². The first-order valence-electron chi connectivity index (χ1n) is 8.55. The van der Waals surface area contributed by atoms with Crippen molar-refractivity contribution in [3.8, 4) is 11.3 Å². The van der Waals surface area contributed by atoms with Crippen molar-refractivity contribution >= 4 is 16.5 Å². The molecule has 4 nitrogen and oxygen atoms in total. The highest BCUT2D eigenvalue weighted by atomic mass is 32.1. The Balaban J connectivity index is 1.48. The second-order valence-corrected chi connectivity index (χ2v) is 7.03. The van der Waals surface area contributed by atoms with Gasteiger partial charge in [-0.05, 0) is 5.56 Å². The number of rotatable bonds is 6. The van der Waals surface area contributed by atoms with E-state index in [1.165, 1.54) is 5.56 Å². The van der Waals surface area contributed by atoms with Crippen molar-refractivity contribution in [2.45, 2.75) is 13.1 Å². The second-order valence-electron chi connectivity index (χ2n) is 6.19. The highest BCUT2D eigenvalue weighted by molar-refractivity contribution is 7.14. The number of thiazole rings is 1. The molecule has 0 spiro atoms. The molecular weight excluding hydrogens is 340 g/mol. The Morgan fingerprint density at radius 3 is 2.50 bits per heavy atom. The molecule has 0 saturated carbocycles. The molecule has 0 unspecified atom stereocenters. The summed E-state index contributed by atoms with van der Waals surface area (Å²) in [6.45, 7) is 1.55. The van der Waals surface area contributed by atoms with Crippen LogP contribution in [0.25, 0.3) is 11.3 Å². The van der Waals surface area contributed by atoms with Gasteiger partial charge in [0.2, 0.25) is 0 Å². The summed E-state index contributed by atoms with van der Waals surface area (Å²) in [7, 11) is 2.06. The number of hydrogen-bond acceptors (Lipinski definition) is 4. The normalized spacial score (nSPS) is 10.8. The third-order valence-electron chi connectivity index (χ3n) is 4.26. The molecule has 0 bridgehead atoms. The first-order valence-corrected chi connectivity index (χ1v) is 9.43. The van der Waals surface area contributed by atoms with Gasteiger partial charge in [0.25, 0.3) is 0 Å². The Bertz CT molecular complexity index is 960. The van der Waals surface area contributed by atoms with Crippen molar-refractivity contribution in [2.24, 2.45) is 0 Å². The van der Waals surface area contributed by atoms with Crippen LogP contribution in [0, 0.1) is 0 Å². The van der Waals surface area contributed by atoms with Crippen molar-refractivity contribution in [2.75, 3.05) is 11.9 Å². The molecule has 2 aromatic carbocycles. The maximum absolute atomic E-state index is 4.78. The molecule has 2 heterocycles. The SMILES string of the molecule is CN(Cc1nccn1Cc1ccccc1)c1nc(-c2ccccc2)cs1. The van der Waals surface area contributed by atoms with E-state index in [-0.39, 0.29) is 0 Å². The summed E-state index contributed by atoms with van der Waals surface area (Å²) < 4.78 is 2.19. The fraction of sp³-hybridized carbons (Fsp3) is 0.143. The molecule has 0 aliphatic rings. The second kappa shape index (κ2) is 7.54. The minimum atomic E-state index is 0.724. The molecule has 0 amide bonds. The lowest BCUT2D eigenvalue weighted by Gasteiger charge is -2.16. The third-order valence-corrected chi connectivity index (χ3v) is 5.22. The molecule has 0 radical (unpaired) electrons. The summed E-state index contributed by atoms with van der Waals surface area (Å²) in [5, 5.41) is 3.11. The number of nitrogens with zero attached hydrogens (tertiary/aromatic N) is 4. The molecule has 0 aliphatic heterocycles. The molecule has 4 rings (SSSR count). The predicted octanol–water partition coefficient (Wildman–Crippen LogP) is 4.69. The molecule has 26 heavy (non-hydrogen) atoms. The first kappa shape index (κ1) is 16.5. The highest BCUT2D eigenvalue weighted by Crippen LogP contribution is 2.27. The maximum Gasteiger partial charge on any atom is 0.186 e. The fourth-order valence-corrected chi connectivity index (χ4v) is 3.68. The van der Waals surface area contributed by atoms with Crippen LogP contribution in [0.2, 0.25) is 0 Å². The van der Waals surface area contributed by atoms with Crippen LogP contribution in [-0.2, 0) is 13.1 Å². The van der Waals surface area contributed by atoms with Crippen molar-refractivity contribution in [3.63, 3.8) is 0 Å². The zero-order valence-electron chi connectivity index (χ0n) is 14.6. The Labute approximate surface area is 157 Å². The van der Waals surface area contributed by atoms with E-state index in [0.717, 1.165) is 35.3 Å². The van der Waals surface area contributed by atoms with E-state index in [2.05, 4.69) is 63.3 Å². The fourth-order valence-electron chi connectivity index (χ4n) is 2.88. The average molecular weight is 360 g/mol. The van der Waals surface area contributed by atoms with Gasteiger partial charge in [-0.2, -0.15) is 0 Å². The number of imidazole rings is 1. The molecule has 130 valence electrons. The number of benzene rings is 2. The van der Waals surface area contributed by atoms with Crippen LogP contribution in [0.5, 0.6) is 0 Å². The standard InChI is InChI=1S/C21H20N4S/c1-24(21-23-19(16-26-21)18-10-6-3-7-11-18)15-20-22-12-13-25(20)14-17-8-4-2-5-9-17/h2-13,16H,14-15H2,1H3. The minimum Gasteiger partial charge on any atom is -0.344 e. The molecule has 4 aromatic rings. The van der Waals surface area contributed by atoms with Crippen molar-refractivity contribution in [1.82, 2.24) is 14.5 Å². The van der Waals surface area contributed by atoms with E-state index in [9.17, 15) is 0 Å². The Kier molecular flexibility index (Phi) is 4.80. The third kappa shape index (κ3) is 3.68. The van der Waals surface area contributed by atoms with E-state index in [1.54, 1.807) is 11.3 Å². The smallest absolute Gasteiger partial charge is 0.186 e. The van der Waals surface area contributed by atoms with Gasteiger partial charge in [0.1, 0.15) is 5.82 Å². The molecule has 0 aliphatic carbocycles. The van der Waals surface area contributed by atoms with Gasteiger partial charge in [0.05, 0.1) is 12.2 Å². The molecule has 5 heteroatoms. The van der Waals surface area contributed by atoms with Gasteiger partial charge in [-0.1, -0.05) is 60.7 Å². The summed E-state index contributed by atoms with van der Waals surface area (Å²) in [6, 6.07) is 20.7. The summed E-state index contributed by atoms with van der Waals surface area (Å²) in [5.41, 5.74) is 3.44. The predicted molar refractivity (Wildman–Crippen MR) is 107 cm³/mol. The number of hydrogen-bond donors (Lipinski definition) is 0. The zero-order valence-corrected chi connectivity index (χ0v) is 15.4. The van der Waals surface area contributed by atoms with Crippen LogP contribution in [0.1, 0.15) is 11.4 Å². The van der Waals surface area contributed by atoms with Crippen molar-refractivity contribution in [1.29, 1.82) is 0 Å². The summed E-state index contributed by atoms with van der Waals surface area (Å²) in [5.74, 6) is 1.04. The summed E-state index contributed by atoms with van der Waals surface area (Å²) in [4.78, 5) is 11.5. The van der Waals surface area contributed by atoms with Crippen molar-refractivity contribution in [3.05, 3.63) is 89.8 Å². The van der Waals surface area contributed by atoms with Gasteiger partial charge >= 0.3 is 0 Å². The topological polar surface area (TPSA) is 34.0 Å². The van der Waals surface area contributed by atoms with Crippen LogP contribution in [0.4, 0.5) is 5.13 Å². The zero-order chi connectivity index (χ0) is 17.8. The van der Waals surface area contributed by atoms with Gasteiger partial charge in [0.15, 0.2) is 5.13 Å². The minimum absolute atomic E-state index is 0.724. The average Bonchev–Trinajstić information content (AvgIpc) is 3.34. The summed E-state index contributed by atoms with van der Waals surface area (Å²) >= 11 is 1.66. The first-order chi connectivity index (χ1) is 12.8. The monoisotopic (exact) mass is 360 g/mol. The van der Waals surface area contributed by atoms with E-state index < -0.39 is 0 Å². The number of anilines is 1. The number of aromatic nitrogens is 3. The largest absolute Gasteiger partial charge is 0.344 e. The van der Waals surface area contributed by atoms with E-state index in [0.29, 0.717) is 0 Å². The van der Waals surface area contributed by atoms with Gasteiger partial charge in [0, 0.05) is 36.9 Å². The molecule has 0 N–H and O–H groups in total. The Morgan fingerprint density at radius 2 is 1.73 bits per heavy atom. The molecule has 0 fully saturated rings. The van der Waals surface area contributed by atoms with Crippen LogP contribution < -0.4 is 4.90 Å². The Hall–Kier alpha value is -2.92. The molecule has 0 saturated heterocycles. The Morgan fingerprint density at radius 1 is 1.00 bits per heavy atom. The van der Waals surface area contributed by atoms with E-state index >= 15 is 0 Å². The van der Waals surface area contributed by atoms with Crippen LogP contribution >= 0.6 is 11.3 Å². The molecule has 2 aromatic heterocycles. The molecular formula is C21H20N4S.